The Morgan fingerprint density at radius 3 is 2.68 bits per heavy atom. The lowest BCUT2D eigenvalue weighted by Crippen LogP contribution is -2.24. The van der Waals surface area contributed by atoms with E-state index in [2.05, 4.69) is 15.3 Å². The fraction of sp³-hybridized carbons (Fsp3) is 0.211. The second-order valence-corrected chi connectivity index (χ2v) is 6.21. The van der Waals surface area contributed by atoms with Gasteiger partial charge in [0.15, 0.2) is 0 Å². The van der Waals surface area contributed by atoms with E-state index in [1.807, 2.05) is 60.0 Å². The molecule has 0 fully saturated rings. The largest absolute Gasteiger partial charge is 0.378 e. The average molecular weight is 333 g/mol. The van der Waals surface area contributed by atoms with Gasteiger partial charge in [0.1, 0.15) is 5.82 Å². The van der Waals surface area contributed by atoms with E-state index in [1.165, 1.54) is 0 Å². The Morgan fingerprint density at radius 2 is 1.92 bits per heavy atom. The van der Waals surface area contributed by atoms with Crippen LogP contribution >= 0.6 is 0 Å². The molecule has 0 unspecified atom stereocenters. The molecule has 126 valence electrons. The molecule has 1 aliphatic rings. The van der Waals surface area contributed by atoms with Crippen LogP contribution in [0.2, 0.25) is 0 Å². The van der Waals surface area contributed by atoms with Gasteiger partial charge in [-0.15, -0.1) is 0 Å². The maximum absolute atomic E-state index is 12.6. The van der Waals surface area contributed by atoms with Crippen molar-refractivity contribution in [2.75, 3.05) is 30.9 Å². The number of fused-ring (bicyclic) bond motifs is 3. The molecule has 1 N–H and O–H groups in total. The molecule has 0 aliphatic carbocycles. The third-order valence-corrected chi connectivity index (χ3v) is 4.35. The minimum absolute atomic E-state index is 0.283. The van der Waals surface area contributed by atoms with Crippen LogP contribution in [0.4, 0.5) is 11.5 Å². The van der Waals surface area contributed by atoms with Gasteiger partial charge in [0.25, 0.3) is 5.91 Å². The molecule has 0 saturated carbocycles. The molecule has 0 bridgehead atoms. The summed E-state index contributed by atoms with van der Waals surface area (Å²) < 4.78 is 1.97. The summed E-state index contributed by atoms with van der Waals surface area (Å²) in [5.41, 5.74) is 2.87. The van der Waals surface area contributed by atoms with Gasteiger partial charge in [-0.2, -0.15) is 4.99 Å². The van der Waals surface area contributed by atoms with E-state index in [0.29, 0.717) is 11.2 Å². The molecule has 25 heavy (non-hydrogen) atoms. The second kappa shape index (κ2) is 6.05. The molecule has 6 heteroatoms. The Morgan fingerprint density at radius 1 is 1.16 bits per heavy atom. The number of hydrogen-bond donors (Lipinski definition) is 1. The van der Waals surface area contributed by atoms with Crippen molar-refractivity contribution in [3.63, 3.8) is 0 Å². The van der Waals surface area contributed by atoms with Crippen LogP contribution in [-0.2, 0) is 6.54 Å². The van der Waals surface area contributed by atoms with Crippen LogP contribution in [0.15, 0.2) is 53.5 Å². The van der Waals surface area contributed by atoms with E-state index >= 15 is 0 Å². The number of para-hydroxylation sites is 1. The molecule has 1 amide bonds. The molecular weight excluding hydrogens is 314 g/mol. The first-order chi connectivity index (χ1) is 12.1. The van der Waals surface area contributed by atoms with Crippen molar-refractivity contribution >= 4 is 28.3 Å². The molecule has 1 aromatic heterocycles. The summed E-state index contributed by atoms with van der Waals surface area (Å²) in [6.07, 6.45) is 0. The van der Waals surface area contributed by atoms with E-state index in [9.17, 15) is 4.79 Å². The van der Waals surface area contributed by atoms with Crippen molar-refractivity contribution < 1.29 is 4.79 Å². The number of amides is 1. The lowest BCUT2D eigenvalue weighted by atomic mass is 10.2. The van der Waals surface area contributed by atoms with Gasteiger partial charge in [-0.1, -0.05) is 12.1 Å². The first-order valence-corrected chi connectivity index (χ1v) is 8.23. The summed E-state index contributed by atoms with van der Waals surface area (Å²) in [7, 11) is 3.93. The number of hydrogen-bond acceptors (Lipinski definition) is 4. The number of anilines is 2. The summed E-state index contributed by atoms with van der Waals surface area (Å²) in [5, 5.41) is 4.41. The number of carbonyl (C=O) groups excluding carboxylic acids is 1. The van der Waals surface area contributed by atoms with Gasteiger partial charge in [-0.05, 0) is 36.4 Å². The highest BCUT2D eigenvalue weighted by Crippen LogP contribution is 2.22. The molecule has 0 radical (unpaired) electrons. The van der Waals surface area contributed by atoms with Gasteiger partial charge in [0.05, 0.1) is 5.52 Å². The Labute approximate surface area is 145 Å². The lowest BCUT2D eigenvalue weighted by Gasteiger charge is -2.11. The number of benzene rings is 2. The van der Waals surface area contributed by atoms with Gasteiger partial charge in [0, 0.05) is 43.8 Å². The third kappa shape index (κ3) is 2.76. The predicted octanol–water partition coefficient (Wildman–Crippen LogP) is 2.27. The number of rotatable bonds is 2. The smallest absolute Gasteiger partial charge is 0.280 e. The second-order valence-electron chi connectivity index (χ2n) is 6.21. The van der Waals surface area contributed by atoms with Crippen molar-refractivity contribution in [1.29, 1.82) is 0 Å². The summed E-state index contributed by atoms with van der Waals surface area (Å²) in [4.78, 5) is 23.4. The maximum atomic E-state index is 12.6. The fourth-order valence-electron chi connectivity index (χ4n) is 3.02. The number of carbonyl (C=O) groups is 1. The van der Waals surface area contributed by atoms with Crippen molar-refractivity contribution in [2.24, 2.45) is 4.99 Å². The molecule has 4 rings (SSSR count). The van der Waals surface area contributed by atoms with Crippen LogP contribution in [0.25, 0.3) is 10.9 Å². The van der Waals surface area contributed by atoms with Gasteiger partial charge < -0.3 is 10.2 Å². The number of nitrogens with zero attached hydrogens (tertiary/aromatic N) is 4. The van der Waals surface area contributed by atoms with Gasteiger partial charge >= 0.3 is 0 Å². The predicted molar refractivity (Wildman–Crippen MR) is 98.9 cm³/mol. The maximum Gasteiger partial charge on any atom is 0.280 e. The zero-order chi connectivity index (χ0) is 17.4. The van der Waals surface area contributed by atoms with E-state index in [1.54, 1.807) is 12.1 Å². The van der Waals surface area contributed by atoms with Crippen LogP contribution in [0.1, 0.15) is 10.4 Å². The normalized spacial score (nSPS) is 13.6. The van der Waals surface area contributed by atoms with Crippen LogP contribution in [0.3, 0.4) is 0 Å². The number of nitrogens with one attached hydrogen (secondary N) is 1. The van der Waals surface area contributed by atoms with Crippen LogP contribution in [0.5, 0.6) is 0 Å². The highest BCUT2D eigenvalue weighted by Gasteiger charge is 2.15. The summed E-state index contributed by atoms with van der Waals surface area (Å²) >= 11 is 0. The highest BCUT2D eigenvalue weighted by molar-refractivity contribution is 5.95. The molecule has 0 atom stereocenters. The molecular formula is C19H19N5O. The van der Waals surface area contributed by atoms with Crippen molar-refractivity contribution in [1.82, 2.24) is 9.55 Å². The molecule has 0 spiro atoms. The van der Waals surface area contributed by atoms with Crippen LogP contribution in [0, 0.1) is 0 Å². The zero-order valence-electron chi connectivity index (χ0n) is 14.2. The molecule has 3 aromatic rings. The van der Waals surface area contributed by atoms with Crippen LogP contribution < -0.4 is 15.8 Å². The highest BCUT2D eigenvalue weighted by atomic mass is 16.1. The Kier molecular flexibility index (Phi) is 3.72. The van der Waals surface area contributed by atoms with E-state index in [-0.39, 0.29) is 5.91 Å². The van der Waals surface area contributed by atoms with Crippen LogP contribution in [-0.4, -0.2) is 36.1 Å². The Balaban J connectivity index is 1.80. The summed E-state index contributed by atoms with van der Waals surface area (Å²) in [6.45, 7) is 1.56. The quantitative estimate of drug-likeness (QED) is 0.781. The Bertz CT molecular complexity index is 1020. The van der Waals surface area contributed by atoms with E-state index in [4.69, 9.17) is 0 Å². The van der Waals surface area contributed by atoms with E-state index < -0.39 is 0 Å². The fourth-order valence-corrected chi connectivity index (χ4v) is 3.02. The molecule has 0 saturated heterocycles. The minimum atomic E-state index is -0.283. The molecule has 1 aliphatic heterocycles. The SMILES string of the molecule is CN(C)c1ccc(C(=O)N=c2nc3ccccc3c3n2CCN3)cc1. The Hall–Kier alpha value is -3.15. The molecule has 2 heterocycles. The average Bonchev–Trinajstić information content (AvgIpc) is 3.12. The van der Waals surface area contributed by atoms with Crippen molar-refractivity contribution in [2.45, 2.75) is 6.54 Å². The zero-order valence-corrected chi connectivity index (χ0v) is 14.2. The first-order valence-electron chi connectivity index (χ1n) is 8.23. The first kappa shape index (κ1) is 15.4. The lowest BCUT2D eigenvalue weighted by molar-refractivity contribution is 0.0996. The molecule has 6 nitrogen and oxygen atoms in total. The van der Waals surface area contributed by atoms with Crippen molar-refractivity contribution in [3.8, 4) is 0 Å². The van der Waals surface area contributed by atoms with Crippen molar-refractivity contribution in [3.05, 3.63) is 59.7 Å². The van der Waals surface area contributed by atoms with Gasteiger partial charge in [0.2, 0.25) is 5.62 Å². The molecule has 2 aromatic carbocycles. The third-order valence-electron chi connectivity index (χ3n) is 4.35. The standard InChI is InChI=1S/C19H19N5O/c1-23(2)14-9-7-13(8-10-14)18(25)22-19-21-16-6-4-3-5-15(16)17-20-11-12-24(17)19/h3-10,20H,11-12H2,1-2H3. The summed E-state index contributed by atoms with van der Waals surface area (Å²) in [5.74, 6) is 0.690. The summed E-state index contributed by atoms with van der Waals surface area (Å²) in [6, 6.07) is 15.3. The minimum Gasteiger partial charge on any atom is -0.378 e. The van der Waals surface area contributed by atoms with Gasteiger partial charge in [-0.25, -0.2) is 4.98 Å². The van der Waals surface area contributed by atoms with E-state index in [0.717, 1.165) is 35.5 Å². The van der Waals surface area contributed by atoms with Gasteiger partial charge in [-0.3, -0.25) is 9.36 Å². The topological polar surface area (TPSA) is 62.5 Å². The number of aromatic nitrogens is 2. The monoisotopic (exact) mass is 333 g/mol.